The van der Waals surface area contributed by atoms with E-state index in [0.29, 0.717) is 27.6 Å². The number of benzene rings is 2. The molecule has 1 amide bonds. The normalized spacial score (nSPS) is 11.1. The summed E-state index contributed by atoms with van der Waals surface area (Å²) in [6, 6.07) is 8.13. The van der Waals surface area contributed by atoms with Gasteiger partial charge in [-0.15, -0.1) is 6.42 Å². The number of hydrogen-bond acceptors (Lipinski definition) is 7. The molecule has 31 heavy (non-hydrogen) atoms. The number of hydrogen-bond donors (Lipinski definition) is 0. The maximum atomic E-state index is 13.0. The second kappa shape index (κ2) is 9.36. The first kappa shape index (κ1) is 21.9. The third kappa shape index (κ3) is 4.25. The van der Waals surface area contributed by atoms with Crippen LogP contribution in [0.2, 0.25) is 0 Å². The van der Waals surface area contributed by atoms with Crippen LogP contribution in [-0.2, 0) is 11.3 Å². The van der Waals surface area contributed by atoms with Crippen molar-refractivity contribution in [1.29, 1.82) is 0 Å². The second-order valence-corrected chi connectivity index (χ2v) is 7.19. The maximum absolute atomic E-state index is 13.0. The van der Waals surface area contributed by atoms with Crippen molar-refractivity contribution in [3.05, 3.63) is 46.3 Å². The minimum atomic E-state index is -0.509. The summed E-state index contributed by atoms with van der Waals surface area (Å²) < 4.78 is 23.1. The summed E-state index contributed by atoms with van der Waals surface area (Å²) >= 11 is 1.24. The third-order valence-electron chi connectivity index (χ3n) is 4.46. The second-order valence-electron chi connectivity index (χ2n) is 6.18. The monoisotopic (exact) mass is 440 g/mol. The number of methoxy groups -OCH3 is 4. The highest BCUT2D eigenvalue weighted by Crippen LogP contribution is 2.38. The van der Waals surface area contributed by atoms with E-state index >= 15 is 0 Å². The van der Waals surface area contributed by atoms with Crippen LogP contribution in [0.15, 0.2) is 35.3 Å². The van der Waals surface area contributed by atoms with Crippen LogP contribution in [0.5, 0.6) is 17.2 Å². The number of amides is 1. The van der Waals surface area contributed by atoms with Crippen molar-refractivity contribution in [2.45, 2.75) is 6.54 Å². The van der Waals surface area contributed by atoms with Crippen LogP contribution in [0.3, 0.4) is 0 Å². The van der Waals surface area contributed by atoms with Gasteiger partial charge in [-0.25, -0.2) is 4.79 Å². The van der Waals surface area contributed by atoms with Crippen LogP contribution in [0.4, 0.5) is 0 Å². The molecular formula is C22H20N2O6S. The first-order chi connectivity index (χ1) is 15.0. The highest BCUT2D eigenvalue weighted by atomic mass is 32.1. The van der Waals surface area contributed by atoms with Gasteiger partial charge in [0.15, 0.2) is 16.3 Å². The molecule has 2 aromatic carbocycles. The lowest BCUT2D eigenvalue weighted by Gasteiger charge is -2.12. The zero-order valence-corrected chi connectivity index (χ0v) is 18.2. The minimum absolute atomic E-state index is 0.207. The van der Waals surface area contributed by atoms with Gasteiger partial charge in [-0.05, 0) is 30.3 Å². The van der Waals surface area contributed by atoms with Gasteiger partial charge in [0.05, 0.1) is 50.8 Å². The number of esters is 1. The number of carbonyl (C=O) groups is 2. The molecule has 0 aliphatic rings. The van der Waals surface area contributed by atoms with Crippen molar-refractivity contribution < 1.29 is 28.5 Å². The van der Waals surface area contributed by atoms with Gasteiger partial charge in [-0.3, -0.25) is 4.79 Å². The fraction of sp³-hybridized carbons (Fsp3) is 0.227. The molecule has 9 heteroatoms. The number of carbonyl (C=O) groups excluding carboxylic acids is 2. The Balaban J connectivity index is 2.15. The molecule has 160 valence electrons. The Morgan fingerprint density at radius 3 is 2.26 bits per heavy atom. The molecule has 0 fully saturated rings. The summed E-state index contributed by atoms with van der Waals surface area (Å²) in [5.74, 6) is 2.67. The zero-order valence-electron chi connectivity index (χ0n) is 17.4. The Labute approximate surface area is 182 Å². The molecule has 1 heterocycles. The molecule has 0 saturated heterocycles. The van der Waals surface area contributed by atoms with Crippen LogP contribution < -0.4 is 19.0 Å². The molecule has 0 bridgehead atoms. The lowest BCUT2D eigenvalue weighted by atomic mass is 10.1. The van der Waals surface area contributed by atoms with Gasteiger partial charge in [0.2, 0.25) is 5.75 Å². The quantitative estimate of drug-likeness (QED) is 0.433. The summed E-state index contributed by atoms with van der Waals surface area (Å²) in [5.41, 5.74) is 1.41. The van der Waals surface area contributed by atoms with Crippen LogP contribution in [0.1, 0.15) is 20.7 Å². The molecule has 0 N–H and O–H groups in total. The number of aromatic nitrogens is 1. The molecule has 0 saturated carbocycles. The number of fused-ring (bicyclic) bond motifs is 1. The van der Waals surface area contributed by atoms with Gasteiger partial charge in [0.1, 0.15) is 0 Å². The van der Waals surface area contributed by atoms with Gasteiger partial charge in [-0.1, -0.05) is 17.3 Å². The highest BCUT2D eigenvalue weighted by molar-refractivity contribution is 7.16. The molecule has 0 radical (unpaired) electrons. The lowest BCUT2D eigenvalue weighted by molar-refractivity contribution is 0.0600. The highest BCUT2D eigenvalue weighted by Gasteiger charge is 2.18. The predicted molar refractivity (Wildman–Crippen MR) is 116 cm³/mol. The van der Waals surface area contributed by atoms with E-state index in [-0.39, 0.29) is 12.1 Å². The fourth-order valence-electron chi connectivity index (χ4n) is 3.00. The van der Waals surface area contributed by atoms with Crippen LogP contribution in [-0.4, -0.2) is 44.9 Å². The number of ether oxygens (including phenoxy) is 4. The molecule has 1 aromatic heterocycles. The van der Waals surface area contributed by atoms with E-state index in [1.165, 1.54) is 51.9 Å². The van der Waals surface area contributed by atoms with Crippen LogP contribution in [0.25, 0.3) is 10.2 Å². The molecule has 3 rings (SSSR count). The van der Waals surface area contributed by atoms with Crippen molar-refractivity contribution in [1.82, 2.24) is 4.57 Å². The molecular weight excluding hydrogens is 420 g/mol. The third-order valence-corrected chi connectivity index (χ3v) is 5.50. The van der Waals surface area contributed by atoms with Crippen LogP contribution >= 0.6 is 11.3 Å². The number of rotatable bonds is 6. The molecule has 0 unspecified atom stereocenters. The van der Waals surface area contributed by atoms with E-state index in [1.54, 1.807) is 22.8 Å². The van der Waals surface area contributed by atoms with E-state index in [0.717, 1.165) is 10.2 Å². The summed E-state index contributed by atoms with van der Waals surface area (Å²) in [7, 11) is 5.73. The topological polar surface area (TPSA) is 88.4 Å². The van der Waals surface area contributed by atoms with Crippen molar-refractivity contribution in [2.24, 2.45) is 4.99 Å². The molecule has 0 atom stereocenters. The number of thiazole rings is 1. The van der Waals surface area contributed by atoms with Gasteiger partial charge < -0.3 is 23.5 Å². The lowest BCUT2D eigenvalue weighted by Crippen LogP contribution is -2.16. The zero-order chi connectivity index (χ0) is 22.5. The molecule has 3 aromatic rings. The average molecular weight is 440 g/mol. The molecule has 8 nitrogen and oxygen atoms in total. The summed E-state index contributed by atoms with van der Waals surface area (Å²) in [6.45, 7) is 0.207. The van der Waals surface area contributed by atoms with Gasteiger partial charge in [-0.2, -0.15) is 4.99 Å². The molecule has 0 spiro atoms. The predicted octanol–water partition coefficient (Wildman–Crippen LogP) is 2.89. The van der Waals surface area contributed by atoms with E-state index in [2.05, 4.69) is 10.9 Å². The Hall–Kier alpha value is -3.77. The maximum Gasteiger partial charge on any atom is 0.337 e. The average Bonchev–Trinajstić information content (AvgIpc) is 3.13. The van der Waals surface area contributed by atoms with Crippen molar-refractivity contribution in [2.75, 3.05) is 28.4 Å². The summed E-state index contributed by atoms with van der Waals surface area (Å²) in [4.78, 5) is 29.5. The Kier molecular flexibility index (Phi) is 6.62. The fourth-order valence-corrected chi connectivity index (χ4v) is 4.07. The molecule has 0 aliphatic heterocycles. The number of nitrogens with zero attached hydrogens (tertiary/aromatic N) is 2. The summed E-state index contributed by atoms with van der Waals surface area (Å²) in [5, 5.41) is 0. The smallest absolute Gasteiger partial charge is 0.337 e. The Morgan fingerprint density at radius 1 is 1.03 bits per heavy atom. The van der Waals surface area contributed by atoms with Gasteiger partial charge in [0, 0.05) is 5.56 Å². The van der Waals surface area contributed by atoms with Gasteiger partial charge in [0.25, 0.3) is 5.91 Å². The van der Waals surface area contributed by atoms with Crippen LogP contribution in [0, 0.1) is 12.3 Å². The van der Waals surface area contributed by atoms with Crippen molar-refractivity contribution >= 4 is 33.4 Å². The molecule has 0 aliphatic carbocycles. The first-order valence-corrected chi connectivity index (χ1v) is 9.83. The van der Waals surface area contributed by atoms with E-state index in [1.807, 2.05) is 0 Å². The van der Waals surface area contributed by atoms with E-state index in [4.69, 9.17) is 25.4 Å². The van der Waals surface area contributed by atoms with Gasteiger partial charge >= 0.3 is 5.97 Å². The standard InChI is InChI=1S/C22H20N2O6S/c1-6-9-24-15-8-7-13(21(26)30-5)12-18(15)31-22(24)23-20(25)14-10-16(27-2)19(29-4)17(11-14)28-3/h1,7-8,10-12H,9H2,2-5H3. The Morgan fingerprint density at radius 2 is 1.71 bits per heavy atom. The Bertz CT molecular complexity index is 1240. The van der Waals surface area contributed by atoms with Crippen molar-refractivity contribution in [3.8, 4) is 29.6 Å². The van der Waals surface area contributed by atoms with Crippen molar-refractivity contribution in [3.63, 3.8) is 0 Å². The number of terminal acetylenes is 1. The summed E-state index contributed by atoms with van der Waals surface area (Å²) in [6.07, 6.45) is 5.52. The van der Waals surface area contributed by atoms with E-state index in [9.17, 15) is 9.59 Å². The first-order valence-electron chi connectivity index (χ1n) is 9.01. The SMILES string of the molecule is C#CCn1c(=NC(=O)c2cc(OC)c(OC)c(OC)c2)sc2cc(C(=O)OC)ccc21. The largest absolute Gasteiger partial charge is 0.493 e. The van der Waals surface area contributed by atoms with E-state index < -0.39 is 11.9 Å². The minimum Gasteiger partial charge on any atom is -0.493 e.